The summed E-state index contributed by atoms with van der Waals surface area (Å²) in [5, 5.41) is 0. The lowest BCUT2D eigenvalue weighted by Crippen LogP contribution is -2.20. The normalized spacial score (nSPS) is 12.3. The number of hydrogen-bond acceptors (Lipinski definition) is 2. The lowest BCUT2D eigenvalue weighted by molar-refractivity contribution is -0.141. The average Bonchev–Trinajstić information content (AvgIpc) is 2.11. The third-order valence-corrected chi connectivity index (χ3v) is 2.01. The molecule has 0 atom stereocenters. The maximum absolute atomic E-state index is 11.4. The van der Waals surface area contributed by atoms with Crippen LogP contribution in [0.2, 0.25) is 0 Å². The maximum atomic E-state index is 11.4. The second kappa shape index (κ2) is 5.74. The summed E-state index contributed by atoms with van der Waals surface area (Å²) in [6, 6.07) is 0. The summed E-state index contributed by atoms with van der Waals surface area (Å²) in [5.41, 5.74) is 1.80. The van der Waals surface area contributed by atoms with Gasteiger partial charge in [-0.05, 0) is 27.7 Å². The van der Waals surface area contributed by atoms with Crippen LogP contribution in [0.1, 0.15) is 41.5 Å². The first-order valence-corrected chi connectivity index (χ1v) is 5.24. The summed E-state index contributed by atoms with van der Waals surface area (Å²) >= 11 is 0. The Morgan fingerprint density at radius 2 is 1.80 bits per heavy atom. The van der Waals surface area contributed by atoms with Crippen LogP contribution >= 0.6 is 0 Å². The minimum atomic E-state index is -0.229. The number of rotatable bonds is 4. The highest BCUT2D eigenvalue weighted by Crippen LogP contribution is 2.20. The monoisotopic (exact) mass is 210 g/mol. The molecule has 0 aliphatic rings. The molecule has 0 aromatic rings. The molecular weight excluding hydrogens is 188 g/mol. The maximum Gasteiger partial charge on any atom is 0.333 e. The Bertz CT molecular complexity index is 279. The molecule has 0 fully saturated rings. The van der Waals surface area contributed by atoms with Crippen molar-refractivity contribution < 1.29 is 9.53 Å². The Labute approximate surface area is 93.0 Å². The van der Waals surface area contributed by atoms with Crippen LogP contribution in [0.25, 0.3) is 0 Å². The van der Waals surface area contributed by atoms with E-state index >= 15 is 0 Å². The van der Waals surface area contributed by atoms with E-state index in [1.165, 1.54) is 5.57 Å². The molecule has 0 aliphatic carbocycles. The van der Waals surface area contributed by atoms with Crippen LogP contribution in [0, 0.1) is 5.41 Å². The standard InChI is InChI=1S/C13H22O2/c1-7-11(4)12(14)15-9-13(5,6)8-10(2)3/h7-8H,9H2,1-6H3/b11-7+. The van der Waals surface area contributed by atoms with E-state index in [1.54, 1.807) is 13.0 Å². The third-order valence-electron chi connectivity index (χ3n) is 2.01. The molecule has 0 heterocycles. The van der Waals surface area contributed by atoms with Crippen molar-refractivity contribution in [3.63, 3.8) is 0 Å². The van der Waals surface area contributed by atoms with Crippen LogP contribution in [0.4, 0.5) is 0 Å². The summed E-state index contributed by atoms with van der Waals surface area (Å²) < 4.78 is 5.21. The number of allylic oxidation sites excluding steroid dienone is 2. The second-order valence-corrected chi connectivity index (χ2v) is 4.76. The molecule has 0 unspecified atom stereocenters. The van der Waals surface area contributed by atoms with Crippen molar-refractivity contribution in [3.8, 4) is 0 Å². The number of esters is 1. The molecule has 0 radical (unpaired) electrons. The van der Waals surface area contributed by atoms with E-state index in [2.05, 4.69) is 19.9 Å². The molecule has 0 spiro atoms. The summed E-state index contributed by atoms with van der Waals surface area (Å²) in [6.45, 7) is 12.2. The largest absolute Gasteiger partial charge is 0.461 e. The molecule has 0 N–H and O–H groups in total. The molecule has 0 aliphatic heterocycles. The zero-order valence-electron chi connectivity index (χ0n) is 10.7. The molecule has 0 saturated carbocycles. The Balaban J connectivity index is 4.28. The second-order valence-electron chi connectivity index (χ2n) is 4.76. The van der Waals surface area contributed by atoms with E-state index < -0.39 is 0 Å². The zero-order valence-corrected chi connectivity index (χ0v) is 10.7. The van der Waals surface area contributed by atoms with E-state index in [9.17, 15) is 4.79 Å². The highest BCUT2D eigenvalue weighted by molar-refractivity contribution is 5.87. The third kappa shape index (κ3) is 6.10. The van der Waals surface area contributed by atoms with Gasteiger partial charge in [-0.15, -0.1) is 0 Å². The van der Waals surface area contributed by atoms with Gasteiger partial charge in [-0.2, -0.15) is 0 Å². The number of carbonyl (C=O) groups excluding carboxylic acids is 1. The molecule has 2 heteroatoms. The van der Waals surface area contributed by atoms with Gasteiger partial charge in [0.15, 0.2) is 0 Å². The molecule has 2 nitrogen and oxygen atoms in total. The van der Waals surface area contributed by atoms with Crippen molar-refractivity contribution in [2.75, 3.05) is 6.61 Å². The molecule has 0 amide bonds. The molecule has 0 bridgehead atoms. The first kappa shape index (κ1) is 13.9. The summed E-state index contributed by atoms with van der Waals surface area (Å²) in [7, 11) is 0. The molecule has 0 rings (SSSR count). The van der Waals surface area contributed by atoms with Gasteiger partial charge >= 0.3 is 5.97 Å². The van der Waals surface area contributed by atoms with Crippen molar-refractivity contribution in [2.24, 2.45) is 5.41 Å². The van der Waals surface area contributed by atoms with Crippen LogP contribution in [-0.4, -0.2) is 12.6 Å². The van der Waals surface area contributed by atoms with E-state index in [4.69, 9.17) is 4.74 Å². The fourth-order valence-electron chi connectivity index (χ4n) is 1.31. The molecular formula is C13H22O2. The highest BCUT2D eigenvalue weighted by atomic mass is 16.5. The van der Waals surface area contributed by atoms with Crippen LogP contribution in [0.5, 0.6) is 0 Å². The smallest absolute Gasteiger partial charge is 0.333 e. The lowest BCUT2D eigenvalue weighted by Gasteiger charge is -2.20. The number of carbonyl (C=O) groups is 1. The Hall–Kier alpha value is -1.05. The molecule has 86 valence electrons. The van der Waals surface area contributed by atoms with Gasteiger partial charge in [0.2, 0.25) is 0 Å². The SMILES string of the molecule is C/C=C(\C)C(=O)OCC(C)(C)C=C(C)C. The van der Waals surface area contributed by atoms with Gasteiger partial charge in [0, 0.05) is 11.0 Å². The van der Waals surface area contributed by atoms with Crippen LogP contribution in [0.15, 0.2) is 23.3 Å². The topological polar surface area (TPSA) is 26.3 Å². The van der Waals surface area contributed by atoms with Crippen molar-refractivity contribution >= 4 is 5.97 Å². The first-order valence-electron chi connectivity index (χ1n) is 5.24. The van der Waals surface area contributed by atoms with Gasteiger partial charge in [-0.1, -0.05) is 31.6 Å². The van der Waals surface area contributed by atoms with Gasteiger partial charge in [0.1, 0.15) is 6.61 Å². The molecule has 15 heavy (non-hydrogen) atoms. The molecule has 0 aromatic carbocycles. The Morgan fingerprint density at radius 1 is 1.27 bits per heavy atom. The number of hydrogen-bond donors (Lipinski definition) is 0. The molecule has 0 saturated heterocycles. The van der Waals surface area contributed by atoms with E-state index in [1.807, 2.05) is 20.8 Å². The van der Waals surface area contributed by atoms with Crippen molar-refractivity contribution in [3.05, 3.63) is 23.3 Å². The van der Waals surface area contributed by atoms with E-state index in [0.29, 0.717) is 12.2 Å². The van der Waals surface area contributed by atoms with Crippen molar-refractivity contribution in [2.45, 2.75) is 41.5 Å². The van der Waals surface area contributed by atoms with Crippen LogP contribution in [-0.2, 0) is 9.53 Å². The first-order chi connectivity index (χ1) is 6.78. The van der Waals surface area contributed by atoms with Gasteiger partial charge in [0.25, 0.3) is 0 Å². The number of ether oxygens (including phenoxy) is 1. The highest BCUT2D eigenvalue weighted by Gasteiger charge is 2.17. The summed E-state index contributed by atoms with van der Waals surface area (Å²) in [6.07, 6.45) is 3.88. The van der Waals surface area contributed by atoms with Gasteiger partial charge < -0.3 is 4.74 Å². The minimum Gasteiger partial charge on any atom is -0.461 e. The van der Waals surface area contributed by atoms with Gasteiger partial charge in [0.05, 0.1) is 0 Å². The zero-order chi connectivity index (χ0) is 12.1. The predicted octanol–water partition coefficient (Wildman–Crippen LogP) is 3.49. The average molecular weight is 210 g/mol. The van der Waals surface area contributed by atoms with Crippen molar-refractivity contribution in [1.29, 1.82) is 0 Å². The fourth-order valence-corrected chi connectivity index (χ4v) is 1.31. The molecule has 0 aromatic heterocycles. The van der Waals surface area contributed by atoms with Crippen LogP contribution in [0.3, 0.4) is 0 Å². The predicted molar refractivity (Wildman–Crippen MR) is 63.6 cm³/mol. The van der Waals surface area contributed by atoms with Gasteiger partial charge in [-0.25, -0.2) is 4.79 Å². The summed E-state index contributed by atoms with van der Waals surface area (Å²) in [4.78, 5) is 11.4. The Kier molecular flexibility index (Phi) is 5.34. The van der Waals surface area contributed by atoms with E-state index in [-0.39, 0.29) is 11.4 Å². The Morgan fingerprint density at radius 3 is 2.20 bits per heavy atom. The quantitative estimate of drug-likeness (QED) is 0.403. The minimum absolute atomic E-state index is 0.0947. The fraction of sp³-hybridized carbons (Fsp3) is 0.615. The van der Waals surface area contributed by atoms with E-state index in [0.717, 1.165) is 0 Å². The lowest BCUT2D eigenvalue weighted by atomic mass is 9.92. The van der Waals surface area contributed by atoms with Gasteiger partial charge in [-0.3, -0.25) is 0 Å². The van der Waals surface area contributed by atoms with Crippen LogP contribution < -0.4 is 0 Å². The van der Waals surface area contributed by atoms with Crippen molar-refractivity contribution in [1.82, 2.24) is 0 Å². The summed E-state index contributed by atoms with van der Waals surface area (Å²) in [5.74, 6) is -0.229.